The molecule has 5 nitrogen and oxygen atoms in total. The number of thiocarbonyl (C=S) groups is 1. The number of nitrogens with one attached hydrogen (secondary N) is 2. The largest absolute Gasteiger partial charge is 0.444 e. The van der Waals surface area contributed by atoms with Crippen LogP contribution in [0.2, 0.25) is 0 Å². The van der Waals surface area contributed by atoms with Crippen molar-refractivity contribution in [1.82, 2.24) is 5.32 Å². The molecule has 0 spiro atoms. The average molecular weight is 281 g/mol. The van der Waals surface area contributed by atoms with Crippen LogP contribution in [0.3, 0.4) is 0 Å². The third-order valence-electron chi connectivity index (χ3n) is 2.06. The molecule has 0 aliphatic heterocycles. The number of alkyl carbamates (subject to hydrolysis) is 1. The number of amides is 1. The summed E-state index contributed by atoms with van der Waals surface area (Å²) >= 11 is 4.74. The molecule has 0 unspecified atom stereocenters. The van der Waals surface area contributed by atoms with Crippen LogP contribution in [-0.2, 0) is 11.3 Å². The van der Waals surface area contributed by atoms with Crippen molar-refractivity contribution in [2.75, 3.05) is 5.32 Å². The van der Waals surface area contributed by atoms with Crippen molar-refractivity contribution in [2.45, 2.75) is 32.9 Å². The fourth-order valence-electron chi connectivity index (χ4n) is 1.34. The third kappa shape index (κ3) is 6.61. The van der Waals surface area contributed by atoms with Crippen LogP contribution in [0.4, 0.5) is 10.5 Å². The number of ether oxygens (including phenoxy) is 1. The van der Waals surface area contributed by atoms with Crippen molar-refractivity contribution < 1.29 is 9.53 Å². The molecule has 0 aliphatic rings. The van der Waals surface area contributed by atoms with E-state index in [0.717, 1.165) is 11.3 Å². The Bertz CT molecular complexity index is 452. The molecule has 1 amide bonds. The molecule has 19 heavy (non-hydrogen) atoms. The molecule has 0 saturated carbocycles. The maximum Gasteiger partial charge on any atom is 0.407 e. The Hall–Kier alpha value is -1.82. The molecule has 6 heteroatoms. The molecule has 0 aromatic heterocycles. The number of carbonyl (C=O) groups is 1. The Labute approximate surface area is 118 Å². The van der Waals surface area contributed by atoms with E-state index >= 15 is 0 Å². The van der Waals surface area contributed by atoms with Crippen LogP contribution in [0.1, 0.15) is 26.3 Å². The summed E-state index contributed by atoms with van der Waals surface area (Å²) in [5.41, 5.74) is 6.65. The second-order valence-electron chi connectivity index (χ2n) is 5.04. The first-order valence-electron chi connectivity index (χ1n) is 5.88. The molecule has 104 valence electrons. The van der Waals surface area contributed by atoms with E-state index in [1.807, 2.05) is 45.0 Å². The van der Waals surface area contributed by atoms with Gasteiger partial charge < -0.3 is 21.1 Å². The van der Waals surface area contributed by atoms with Gasteiger partial charge in [-0.15, -0.1) is 0 Å². The summed E-state index contributed by atoms with van der Waals surface area (Å²) in [6, 6.07) is 7.42. The lowest BCUT2D eigenvalue weighted by Crippen LogP contribution is -2.32. The predicted molar refractivity (Wildman–Crippen MR) is 79.9 cm³/mol. The maximum atomic E-state index is 11.5. The van der Waals surface area contributed by atoms with E-state index in [1.54, 1.807) is 0 Å². The highest BCUT2D eigenvalue weighted by Gasteiger charge is 2.15. The standard InChI is InChI=1S/C13H19N3O2S/c1-13(2,3)18-12(17)15-8-9-4-6-10(7-5-9)16-11(14)19/h4-7H,8H2,1-3H3,(H,15,17)(H3,14,16,19). The summed E-state index contributed by atoms with van der Waals surface area (Å²) in [4.78, 5) is 11.5. The van der Waals surface area contributed by atoms with Gasteiger partial charge in [-0.1, -0.05) is 12.1 Å². The molecule has 0 heterocycles. The minimum Gasteiger partial charge on any atom is -0.444 e. The van der Waals surface area contributed by atoms with Gasteiger partial charge in [0.05, 0.1) is 0 Å². The number of nitrogens with two attached hydrogens (primary N) is 1. The lowest BCUT2D eigenvalue weighted by atomic mass is 10.2. The van der Waals surface area contributed by atoms with Gasteiger partial charge in [0.15, 0.2) is 5.11 Å². The van der Waals surface area contributed by atoms with E-state index in [2.05, 4.69) is 10.6 Å². The van der Waals surface area contributed by atoms with Gasteiger partial charge in [-0.05, 0) is 50.7 Å². The van der Waals surface area contributed by atoms with E-state index in [-0.39, 0.29) is 5.11 Å². The molecule has 0 atom stereocenters. The minimum absolute atomic E-state index is 0.222. The highest BCUT2D eigenvalue weighted by Crippen LogP contribution is 2.10. The van der Waals surface area contributed by atoms with Gasteiger partial charge in [0, 0.05) is 12.2 Å². The smallest absolute Gasteiger partial charge is 0.407 e. The molecular formula is C13H19N3O2S. The number of benzene rings is 1. The second-order valence-corrected chi connectivity index (χ2v) is 5.48. The molecule has 4 N–H and O–H groups in total. The highest BCUT2D eigenvalue weighted by atomic mass is 32.1. The Kier molecular flexibility index (Phi) is 5.11. The number of hydrogen-bond acceptors (Lipinski definition) is 3. The van der Waals surface area contributed by atoms with Crippen LogP contribution in [0, 0.1) is 0 Å². The fourth-order valence-corrected chi connectivity index (χ4v) is 1.45. The van der Waals surface area contributed by atoms with Gasteiger partial charge in [-0.25, -0.2) is 4.79 Å². The van der Waals surface area contributed by atoms with E-state index in [1.165, 1.54) is 0 Å². The van der Waals surface area contributed by atoms with Gasteiger partial charge in [0.2, 0.25) is 0 Å². The van der Waals surface area contributed by atoms with E-state index in [9.17, 15) is 4.79 Å². The summed E-state index contributed by atoms with van der Waals surface area (Å²) in [5.74, 6) is 0. The summed E-state index contributed by atoms with van der Waals surface area (Å²) in [7, 11) is 0. The van der Waals surface area contributed by atoms with E-state index < -0.39 is 11.7 Å². The fraction of sp³-hybridized carbons (Fsp3) is 0.385. The molecule has 1 aromatic carbocycles. The molecule has 1 aromatic rings. The minimum atomic E-state index is -0.491. The van der Waals surface area contributed by atoms with Crippen LogP contribution in [0.15, 0.2) is 24.3 Å². The second kappa shape index (κ2) is 6.38. The Balaban J connectivity index is 2.46. The first kappa shape index (κ1) is 15.2. The topological polar surface area (TPSA) is 76.4 Å². The van der Waals surface area contributed by atoms with Gasteiger partial charge in [-0.3, -0.25) is 0 Å². The quantitative estimate of drug-likeness (QED) is 0.742. The summed E-state index contributed by atoms with van der Waals surface area (Å²) in [6.45, 7) is 5.87. The van der Waals surface area contributed by atoms with Crippen LogP contribution in [0.25, 0.3) is 0 Å². The predicted octanol–water partition coefficient (Wildman–Crippen LogP) is 2.37. The van der Waals surface area contributed by atoms with Crippen molar-refractivity contribution in [2.24, 2.45) is 5.73 Å². The lowest BCUT2D eigenvalue weighted by molar-refractivity contribution is 0.0523. The maximum absolute atomic E-state index is 11.5. The SMILES string of the molecule is CC(C)(C)OC(=O)NCc1ccc(NC(N)=S)cc1. The molecule has 0 fully saturated rings. The van der Waals surface area contributed by atoms with Crippen LogP contribution >= 0.6 is 12.2 Å². The zero-order valence-electron chi connectivity index (χ0n) is 11.3. The van der Waals surface area contributed by atoms with Crippen LogP contribution < -0.4 is 16.4 Å². The highest BCUT2D eigenvalue weighted by molar-refractivity contribution is 7.80. The van der Waals surface area contributed by atoms with Gasteiger partial charge in [0.1, 0.15) is 5.60 Å². The molecule has 0 bridgehead atoms. The van der Waals surface area contributed by atoms with Crippen molar-refractivity contribution >= 4 is 29.1 Å². The van der Waals surface area contributed by atoms with Crippen molar-refractivity contribution in [3.63, 3.8) is 0 Å². The Morgan fingerprint density at radius 1 is 1.32 bits per heavy atom. The van der Waals surface area contributed by atoms with Gasteiger partial charge in [0.25, 0.3) is 0 Å². The van der Waals surface area contributed by atoms with E-state index in [0.29, 0.717) is 6.54 Å². The number of carbonyl (C=O) groups excluding carboxylic acids is 1. The van der Waals surface area contributed by atoms with Gasteiger partial charge >= 0.3 is 6.09 Å². The molecule has 0 aliphatic carbocycles. The monoisotopic (exact) mass is 281 g/mol. The molecule has 0 saturated heterocycles. The number of rotatable bonds is 3. The number of hydrogen-bond donors (Lipinski definition) is 3. The Morgan fingerprint density at radius 3 is 2.37 bits per heavy atom. The van der Waals surface area contributed by atoms with Crippen LogP contribution in [-0.4, -0.2) is 16.8 Å². The third-order valence-corrected chi connectivity index (χ3v) is 2.16. The zero-order chi connectivity index (χ0) is 14.5. The lowest BCUT2D eigenvalue weighted by Gasteiger charge is -2.19. The first-order chi connectivity index (χ1) is 8.76. The molecule has 0 radical (unpaired) electrons. The van der Waals surface area contributed by atoms with Crippen molar-refractivity contribution in [3.05, 3.63) is 29.8 Å². The average Bonchev–Trinajstić information content (AvgIpc) is 2.25. The zero-order valence-corrected chi connectivity index (χ0v) is 12.1. The molecule has 1 rings (SSSR count). The van der Waals surface area contributed by atoms with Crippen molar-refractivity contribution in [3.8, 4) is 0 Å². The van der Waals surface area contributed by atoms with E-state index in [4.69, 9.17) is 22.7 Å². The number of anilines is 1. The van der Waals surface area contributed by atoms with Gasteiger partial charge in [-0.2, -0.15) is 0 Å². The van der Waals surface area contributed by atoms with Crippen molar-refractivity contribution in [1.29, 1.82) is 0 Å². The summed E-state index contributed by atoms with van der Waals surface area (Å²) in [5, 5.41) is 5.73. The summed E-state index contributed by atoms with van der Waals surface area (Å²) < 4.78 is 5.14. The molecular weight excluding hydrogens is 262 g/mol. The van der Waals surface area contributed by atoms with Crippen LogP contribution in [0.5, 0.6) is 0 Å². The summed E-state index contributed by atoms with van der Waals surface area (Å²) in [6.07, 6.45) is -0.433. The normalized spacial score (nSPS) is 10.7. The first-order valence-corrected chi connectivity index (χ1v) is 6.29. The Morgan fingerprint density at radius 2 is 1.89 bits per heavy atom.